The highest BCUT2D eigenvalue weighted by Gasteiger charge is 2.31. The Kier molecular flexibility index (Phi) is 6.31. The summed E-state index contributed by atoms with van der Waals surface area (Å²) in [6.45, 7) is 0.996. The van der Waals surface area contributed by atoms with Crippen LogP contribution in [0, 0.1) is 10.1 Å². The summed E-state index contributed by atoms with van der Waals surface area (Å²) in [5, 5.41) is 10.8. The van der Waals surface area contributed by atoms with Crippen LogP contribution in [-0.4, -0.2) is 33.5 Å². The average Bonchev–Trinajstić information content (AvgIpc) is 3.21. The fourth-order valence-corrected chi connectivity index (χ4v) is 3.17. The van der Waals surface area contributed by atoms with Crippen molar-refractivity contribution < 1.29 is 32.3 Å². The molecule has 0 saturated carbocycles. The summed E-state index contributed by atoms with van der Waals surface area (Å²) in [4.78, 5) is 14.0. The molecule has 0 fully saturated rings. The van der Waals surface area contributed by atoms with E-state index in [4.69, 9.17) is 9.47 Å². The minimum Gasteiger partial charge on any atom is -0.443 e. The molecular formula is C22H18F3N3O5. The number of nitrogens with zero attached hydrogens (tertiary/aromatic N) is 3. The number of benzene rings is 2. The van der Waals surface area contributed by atoms with E-state index < -0.39 is 11.3 Å². The number of hydrogen-bond donors (Lipinski definition) is 0. The third kappa shape index (κ3) is 6.10. The molecule has 1 aliphatic rings. The minimum atomic E-state index is -4.71. The summed E-state index contributed by atoms with van der Waals surface area (Å²) in [5.74, 6) is -0.533. The fourth-order valence-electron chi connectivity index (χ4n) is 3.17. The van der Waals surface area contributed by atoms with E-state index in [0.29, 0.717) is 13.2 Å². The van der Waals surface area contributed by atoms with Crippen LogP contribution in [-0.2, 0) is 17.9 Å². The highest BCUT2D eigenvalue weighted by Crippen LogP contribution is 2.24. The Morgan fingerprint density at radius 3 is 2.36 bits per heavy atom. The quantitative estimate of drug-likeness (QED) is 0.284. The van der Waals surface area contributed by atoms with Gasteiger partial charge in [-0.1, -0.05) is 48.6 Å². The molecule has 1 aromatic heterocycles. The molecule has 0 radical (unpaired) electrons. The number of imidazole rings is 1. The molecule has 0 N–H and O–H groups in total. The van der Waals surface area contributed by atoms with Gasteiger partial charge in [-0.25, -0.2) is 0 Å². The molecule has 33 heavy (non-hydrogen) atoms. The molecule has 4 rings (SSSR count). The Morgan fingerprint density at radius 1 is 1.12 bits per heavy atom. The van der Waals surface area contributed by atoms with Gasteiger partial charge in [-0.2, -0.15) is 0 Å². The molecule has 0 aliphatic carbocycles. The van der Waals surface area contributed by atoms with Gasteiger partial charge in [0.25, 0.3) is 0 Å². The van der Waals surface area contributed by atoms with E-state index >= 15 is 0 Å². The molecule has 0 amide bonds. The van der Waals surface area contributed by atoms with Crippen molar-refractivity contribution in [1.29, 1.82) is 0 Å². The maximum absolute atomic E-state index is 12.2. The third-order valence-electron chi connectivity index (χ3n) is 4.76. The van der Waals surface area contributed by atoms with Crippen LogP contribution in [0.15, 0.2) is 54.7 Å². The lowest BCUT2D eigenvalue weighted by molar-refractivity contribution is -0.389. The van der Waals surface area contributed by atoms with Gasteiger partial charge in [0.05, 0.1) is 13.2 Å². The van der Waals surface area contributed by atoms with Crippen LogP contribution in [0.4, 0.5) is 19.0 Å². The van der Waals surface area contributed by atoms with Gasteiger partial charge in [0.1, 0.15) is 24.7 Å². The Balaban J connectivity index is 1.28. The standard InChI is InChI=1S/C22H18F3N3O5/c23-22(24,25)33-18-9-7-16(8-10-18)2-1-15-3-5-17(6-4-15)13-31-19-11-27-12-20(28(29)30)26-21(27)32-14-19/h1-10,12,19H,11,13-14H2/b2-1+/t19-/m0/s1. The predicted molar refractivity (Wildman–Crippen MR) is 111 cm³/mol. The van der Waals surface area contributed by atoms with E-state index in [0.717, 1.165) is 16.7 Å². The number of hydrogen-bond acceptors (Lipinski definition) is 6. The molecule has 8 nitrogen and oxygen atoms in total. The van der Waals surface area contributed by atoms with Crippen LogP contribution < -0.4 is 9.47 Å². The van der Waals surface area contributed by atoms with Crippen molar-refractivity contribution in [2.45, 2.75) is 25.6 Å². The van der Waals surface area contributed by atoms with E-state index in [1.165, 1.54) is 30.5 Å². The van der Waals surface area contributed by atoms with Gasteiger partial charge in [-0.15, -0.1) is 13.2 Å². The monoisotopic (exact) mass is 461 g/mol. The molecule has 0 spiro atoms. The van der Waals surface area contributed by atoms with Crippen molar-refractivity contribution in [3.05, 3.63) is 81.5 Å². The highest BCUT2D eigenvalue weighted by molar-refractivity contribution is 5.69. The van der Waals surface area contributed by atoms with Crippen LogP contribution in [0.1, 0.15) is 16.7 Å². The number of rotatable bonds is 7. The van der Waals surface area contributed by atoms with Gasteiger partial charge in [0, 0.05) is 4.98 Å². The Labute approximate surface area is 186 Å². The van der Waals surface area contributed by atoms with Gasteiger partial charge < -0.3 is 24.3 Å². The molecule has 11 heteroatoms. The number of aromatic nitrogens is 2. The van der Waals surface area contributed by atoms with Gasteiger partial charge in [0.2, 0.25) is 0 Å². The second-order valence-electron chi connectivity index (χ2n) is 7.23. The second-order valence-corrected chi connectivity index (χ2v) is 7.23. The first kappa shape index (κ1) is 22.3. The summed E-state index contributed by atoms with van der Waals surface area (Å²) in [6, 6.07) is 13.4. The van der Waals surface area contributed by atoms with Crippen LogP contribution in [0.2, 0.25) is 0 Å². The molecule has 0 bridgehead atoms. The molecule has 2 heterocycles. The highest BCUT2D eigenvalue weighted by atomic mass is 19.4. The van der Waals surface area contributed by atoms with Crippen molar-refractivity contribution in [2.24, 2.45) is 0 Å². The second kappa shape index (κ2) is 9.33. The van der Waals surface area contributed by atoms with Crippen LogP contribution in [0.3, 0.4) is 0 Å². The molecule has 1 aliphatic heterocycles. The first-order valence-electron chi connectivity index (χ1n) is 9.84. The van der Waals surface area contributed by atoms with Gasteiger partial charge in [0.15, 0.2) is 0 Å². The van der Waals surface area contributed by atoms with Crippen LogP contribution in [0.5, 0.6) is 11.8 Å². The summed E-state index contributed by atoms with van der Waals surface area (Å²) < 4.78 is 53.3. The Morgan fingerprint density at radius 2 is 1.76 bits per heavy atom. The molecule has 2 aromatic carbocycles. The van der Waals surface area contributed by atoms with Crippen molar-refractivity contribution in [1.82, 2.24) is 9.55 Å². The first-order valence-corrected chi connectivity index (χ1v) is 9.84. The summed E-state index contributed by atoms with van der Waals surface area (Å²) in [7, 11) is 0. The van der Waals surface area contributed by atoms with E-state index in [1.807, 2.05) is 30.3 Å². The van der Waals surface area contributed by atoms with E-state index in [-0.39, 0.29) is 30.3 Å². The minimum absolute atomic E-state index is 0.209. The lowest BCUT2D eigenvalue weighted by atomic mass is 10.1. The number of fused-ring (bicyclic) bond motifs is 1. The van der Waals surface area contributed by atoms with Gasteiger partial charge >= 0.3 is 18.2 Å². The molecule has 172 valence electrons. The molecule has 0 saturated heterocycles. The lowest BCUT2D eigenvalue weighted by Crippen LogP contribution is -2.32. The largest absolute Gasteiger partial charge is 0.573 e. The maximum atomic E-state index is 12.2. The van der Waals surface area contributed by atoms with E-state index in [9.17, 15) is 23.3 Å². The Hall–Kier alpha value is -3.86. The number of alkyl halides is 3. The van der Waals surface area contributed by atoms with Gasteiger partial charge in [-0.3, -0.25) is 4.57 Å². The third-order valence-corrected chi connectivity index (χ3v) is 4.76. The van der Waals surface area contributed by atoms with E-state index in [1.54, 1.807) is 10.6 Å². The Bertz CT molecular complexity index is 1140. The normalized spacial score (nSPS) is 15.8. The topological polar surface area (TPSA) is 88.7 Å². The zero-order valence-corrected chi connectivity index (χ0v) is 17.1. The zero-order chi connectivity index (χ0) is 23.4. The van der Waals surface area contributed by atoms with Crippen LogP contribution in [0.25, 0.3) is 12.2 Å². The zero-order valence-electron chi connectivity index (χ0n) is 17.1. The van der Waals surface area contributed by atoms with E-state index in [2.05, 4.69) is 9.72 Å². The van der Waals surface area contributed by atoms with Crippen molar-refractivity contribution >= 4 is 18.0 Å². The smallest absolute Gasteiger partial charge is 0.443 e. The van der Waals surface area contributed by atoms with Crippen molar-refractivity contribution in [3.63, 3.8) is 0 Å². The van der Waals surface area contributed by atoms with Gasteiger partial charge in [-0.05, 0) is 33.7 Å². The number of nitro groups is 1. The number of ether oxygens (including phenoxy) is 3. The maximum Gasteiger partial charge on any atom is 0.573 e. The first-order chi connectivity index (χ1) is 15.7. The number of halogens is 3. The molecule has 1 atom stereocenters. The molecule has 3 aromatic rings. The average molecular weight is 461 g/mol. The van der Waals surface area contributed by atoms with Crippen LogP contribution >= 0.6 is 0 Å². The SMILES string of the molecule is O=[N+]([O-])c1cn2c(n1)OC[C@@H](OCc1ccc(/C=C/c3ccc(OC(F)(F)F)cc3)cc1)C2. The van der Waals surface area contributed by atoms with Crippen molar-refractivity contribution in [2.75, 3.05) is 6.61 Å². The molecule has 0 unspecified atom stereocenters. The molecular weight excluding hydrogens is 443 g/mol. The summed E-state index contributed by atoms with van der Waals surface area (Å²) in [6.07, 6.45) is -0.0365. The summed E-state index contributed by atoms with van der Waals surface area (Å²) in [5.41, 5.74) is 2.57. The lowest BCUT2D eigenvalue weighted by Gasteiger charge is -2.22. The summed E-state index contributed by atoms with van der Waals surface area (Å²) >= 11 is 0. The predicted octanol–water partition coefficient (Wildman–Crippen LogP) is 4.84. The fraction of sp³-hybridized carbons (Fsp3) is 0.227. The van der Waals surface area contributed by atoms with Crippen molar-refractivity contribution in [3.8, 4) is 11.8 Å².